The van der Waals surface area contributed by atoms with Crippen molar-refractivity contribution in [3.05, 3.63) is 79.8 Å². The summed E-state index contributed by atoms with van der Waals surface area (Å²) in [4.78, 5) is 24.4. The first-order valence-electron chi connectivity index (χ1n) is 9.19. The van der Waals surface area contributed by atoms with Crippen LogP contribution in [0.2, 0.25) is 0 Å². The molecule has 1 aromatic heterocycles. The lowest BCUT2D eigenvalue weighted by atomic mass is 9.89. The van der Waals surface area contributed by atoms with Crippen LogP contribution < -0.4 is 19.8 Å². The van der Waals surface area contributed by atoms with E-state index in [1.165, 1.54) is 26.0 Å². The lowest BCUT2D eigenvalue weighted by Gasteiger charge is -2.20. The van der Waals surface area contributed by atoms with Crippen LogP contribution in [-0.2, 0) is 0 Å². The van der Waals surface area contributed by atoms with Crippen LogP contribution in [0, 0.1) is 17.0 Å². The number of aryl methyl sites for hydroxylation is 1. The van der Waals surface area contributed by atoms with E-state index in [1.54, 1.807) is 31.2 Å². The largest absolute Gasteiger partial charge is 0.496 e. The third kappa shape index (κ3) is 3.86. The number of rotatable bonds is 8. The zero-order chi connectivity index (χ0) is 21.8. The monoisotopic (exact) mass is 413 g/mol. The molecule has 0 bridgehead atoms. The Morgan fingerprint density at radius 3 is 2.13 bits per heavy atom. The molecule has 158 valence electrons. The first kappa shape index (κ1) is 21.0. The van der Waals surface area contributed by atoms with Gasteiger partial charge in [0.15, 0.2) is 0 Å². The third-order valence-corrected chi connectivity index (χ3v) is 4.91. The Kier molecular flexibility index (Phi) is 6.10. The second-order valence-electron chi connectivity index (χ2n) is 6.64. The fraction of sp³-hybridized carbons (Fsp3) is 0.286. The van der Waals surface area contributed by atoms with Gasteiger partial charge in [0.1, 0.15) is 17.2 Å². The van der Waals surface area contributed by atoms with Crippen molar-refractivity contribution in [1.82, 2.24) is 9.78 Å². The van der Waals surface area contributed by atoms with Crippen molar-refractivity contribution in [2.45, 2.75) is 12.8 Å². The smallest absolute Gasteiger partial charge is 0.275 e. The van der Waals surface area contributed by atoms with Gasteiger partial charge < -0.3 is 14.2 Å². The summed E-state index contributed by atoms with van der Waals surface area (Å²) in [7, 11) is 4.40. The average Bonchev–Trinajstić information content (AvgIpc) is 3.05. The molecule has 0 aliphatic rings. The molecular weight excluding hydrogens is 390 g/mol. The molecule has 3 aromatic rings. The number of nitrogens with zero attached hydrogens (tertiary/aromatic N) is 2. The highest BCUT2D eigenvalue weighted by Crippen LogP contribution is 2.42. The second kappa shape index (κ2) is 8.73. The Balaban J connectivity index is 2.27. The number of ether oxygens (including phenoxy) is 3. The quantitative estimate of drug-likeness (QED) is 0.449. The summed E-state index contributed by atoms with van der Waals surface area (Å²) in [5.41, 5.74) is 1.47. The van der Waals surface area contributed by atoms with Crippen LogP contribution in [0.25, 0.3) is 5.69 Å². The highest BCUT2D eigenvalue weighted by molar-refractivity contribution is 5.55. The van der Waals surface area contributed by atoms with Gasteiger partial charge >= 0.3 is 0 Å². The van der Waals surface area contributed by atoms with Crippen LogP contribution in [0.3, 0.4) is 0 Å². The molecule has 0 amide bonds. The molecule has 0 saturated heterocycles. The van der Waals surface area contributed by atoms with E-state index in [2.05, 4.69) is 5.10 Å². The Bertz CT molecular complexity index is 1080. The first-order valence-corrected chi connectivity index (χ1v) is 9.19. The first-order chi connectivity index (χ1) is 14.4. The Labute approximate surface area is 172 Å². The van der Waals surface area contributed by atoms with Gasteiger partial charge in [0.05, 0.1) is 44.1 Å². The van der Waals surface area contributed by atoms with Crippen LogP contribution in [0.15, 0.2) is 47.3 Å². The topological polar surface area (TPSA) is 109 Å². The minimum Gasteiger partial charge on any atom is -0.496 e. The zero-order valence-electron chi connectivity index (χ0n) is 17.2. The Morgan fingerprint density at radius 1 is 1.03 bits per heavy atom. The Morgan fingerprint density at radius 2 is 1.63 bits per heavy atom. The van der Waals surface area contributed by atoms with Crippen LogP contribution in [0.1, 0.15) is 22.7 Å². The molecule has 9 nitrogen and oxygen atoms in total. The van der Waals surface area contributed by atoms with E-state index < -0.39 is 17.4 Å². The number of nitro groups is 1. The summed E-state index contributed by atoms with van der Waals surface area (Å²) in [6.07, 6.45) is 0. The van der Waals surface area contributed by atoms with Gasteiger partial charge in [0.2, 0.25) is 6.54 Å². The molecular formula is C21H23N3O6. The van der Waals surface area contributed by atoms with Crippen molar-refractivity contribution in [1.29, 1.82) is 0 Å². The predicted octanol–water partition coefficient (Wildman–Crippen LogP) is 2.91. The summed E-state index contributed by atoms with van der Waals surface area (Å²) in [6, 6.07) is 12.2. The molecule has 1 heterocycles. The molecule has 3 rings (SSSR count). The molecule has 0 fully saturated rings. The molecule has 1 atom stereocenters. The fourth-order valence-corrected chi connectivity index (χ4v) is 3.58. The van der Waals surface area contributed by atoms with Gasteiger partial charge in [-0.3, -0.25) is 20.0 Å². The normalized spacial score (nSPS) is 11.7. The minimum absolute atomic E-state index is 0.275. The average molecular weight is 413 g/mol. The van der Waals surface area contributed by atoms with Crippen molar-refractivity contribution < 1.29 is 19.1 Å². The highest BCUT2D eigenvalue weighted by atomic mass is 16.6. The van der Waals surface area contributed by atoms with Crippen molar-refractivity contribution in [2.24, 2.45) is 0 Å². The number of aromatic amines is 1. The van der Waals surface area contributed by atoms with Crippen LogP contribution in [0.4, 0.5) is 0 Å². The van der Waals surface area contributed by atoms with Crippen LogP contribution >= 0.6 is 0 Å². The van der Waals surface area contributed by atoms with Crippen LogP contribution in [0.5, 0.6) is 17.2 Å². The van der Waals surface area contributed by atoms with E-state index in [0.717, 1.165) is 0 Å². The molecule has 0 aliphatic heterocycles. The van der Waals surface area contributed by atoms with E-state index >= 15 is 0 Å². The lowest BCUT2D eigenvalue weighted by Crippen LogP contribution is -2.24. The molecule has 0 aliphatic carbocycles. The number of aromatic nitrogens is 2. The SMILES string of the molecule is COc1cc(OC)c(C(C[N+](=O)[O-])c2c(C)[nH]n(-c3ccccc3)c2=O)c(OC)c1. The van der Waals surface area contributed by atoms with Crippen molar-refractivity contribution >= 4 is 0 Å². The number of nitrogens with one attached hydrogen (secondary N) is 1. The van der Waals surface area contributed by atoms with E-state index in [0.29, 0.717) is 34.2 Å². The number of hydrogen-bond acceptors (Lipinski definition) is 6. The number of H-pyrrole nitrogens is 1. The van der Waals surface area contributed by atoms with E-state index in [1.807, 2.05) is 18.2 Å². The summed E-state index contributed by atoms with van der Waals surface area (Å²) < 4.78 is 17.6. The molecule has 0 radical (unpaired) electrons. The third-order valence-electron chi connectivity index (χ3n) is 4.91. The van der Waals surface area contributed by atoms with Gasteiger partial charge in [-0.15, -0.1) is 0 Å². The molecule has 2 aromatic carbocycles. The zero-order valence-corrected chi connectivity index (χ0v) is 17.2. The van der Waals surface area contributed by atoms with Crippen LogP contribution in [-0.4, -0.2) is 42.6 Å². The van der Waals surface area contributed by atoms with E-state index in [9.17, 15) is 14.9 Å². The predicted molar refractivity (Wildman–Crippen MR) is 111 cm³/mol. The van der Waals surface area contributed by atoms with Crippen molar-refractivity contribution in [2.75, 3.05) is 27.9 Å². The van der Waals surface area contributed by atoms with Crippen molar-refractivity contribution in [3.8, 4) is 22.9 Å². The number of benzene rings is 2. The molecule has 0 saturated carbocycles. The van der Waals surface area contributed by atoms with Gasteiger partial charge in [0.25, 0.3) is 5.56 Å². The fourth-order valence-electron chi connectivity index (χ4n) is 3.58. The van der Waals surface area contributed by atoms with Gasteiger partial charge in [-0.25, -0.2) is 4.68 Å². The minimum atomic E-state index is -0.899. The second-order valence-corrected chi connectivity index (χ2v) is 6.64. The molecule has 0 spiro atoms. The summed E-state index contributed by atoms with van der Waals surface area (Å²) in [5.74, 6) is 0.248. The molecule has 30 heavy (non-hydrogen) atoms. The summed E-state index contributed by atoms with van der Waals surface area (Å²) in [6.45, 7) is 1.20. The van der Waals surface area contributed by atoms with Gasteiger partial charge in [0, 0.05) is 22.7 Å². The van der Waals surface area contributed by atoms with E-state index in [-0.39, 0.29) is 11.1 Å². The standard InChI is InChI=1S/C21H23N3O6/c1-13-19(21(25)24(22-13)14-8-6-5-7-9-14)16(12-23(26)27)20-17(29-3)10-15(28-2)11-18(20)30-4/h5-11,16,22H,12H2,1-4H3. The molecule has 1 unspecified atom stereocenters. The van der Waals surface area contributed by atoms with Gasteiger partial charge in [-0.1, -0.05) is 18.2 Å². The summed E-state index contributed by atoms with van der Waals surface area (Å²) in [5, 5.41) is 14.6. The van der Waals surface area contributed by atoms with E-state index in [4.69, 9.17) is 14.2 Å². The summed E-state index contributed by atoms with van der Waals surface area (Å²) >= 11 is 0. The maximum absolute atomic E-state index is 13.3. The van der Waals surface area contributed by atoms with Gasteiger partial charge in [-0.2, -0.15) is 0 Å². The Hall–Kier alpha value is -3.75. The highest BCUT2D eigenvalue weighted by Gasteiger charge is 2.33. The maximum Gasteiger partial charge on any atom is 0.275 e. The number of para-hydroxylation sites is 1. The maximum atomic E-state index is 13.3. The number of methoxy groups -OCH3 is 3. The number of hydrogen-bond donors (Lipinski definition) is 1. The molecule has 9 heteroatoms. The van der Waals surface area contributed by atoms with Gasteiger partial charge in [-0.05, 0) is 19.1 Å². The lowest BCUT2D eigenvalue weighted by molar-refractivity contribution is -0.481. The van der Waals surface area contributed by atoms with Crippen molar-refractivity contribution in [3.63, 3.8) is 0 Å². The molecule has 1 N–H and O–H groups in total.